The quantitative estimate of drug-likeness (QED) is 0.617. The molecule has 0 N–H and O–H groups in total. The molecule has 0 saturated heterocycles. The van der Waals surface area contributed by atoms with Crippen LogP contribution in [-0.4, -0.2) is 5.91 Å². The van der Waals surface area contributed by atoms with Gasteiger partial charge in [0, 0.05) is 11.8 Å². The molecule has 1 aromatic rings. The van der Waals surface area contributed by atoms with Crippen LogP contribution in [0.2, 0.25) is 0 Å². The van der Waals surface area contributed by atoms with Gasteiger partial charge in [0.2, 0.25) is 0 Å². The number of hydrogen-bond donors (Lipinski definition) is 0. The highest BCUT2D eigenvalue weighted by Crippen LogP contribution is 2.51. The average molecular weight is 222 g/mol. The van der Waals surface area contributed by atoms with Crippen LogP contribution in [-0.2, 0) is 10.2 Å². The van der Waals surface area contributed by atoms with E-state index in [9.17, 15) is 4.79 Å². The summed E-state index contributed by atoms with van der Waals surface area (Å²) in [7, 11) is 0. The highest BCUT2D eigenvalue weighted by molar-refractivity contribution is 6.40. The van der Waals surface area contributed by atoms with Gasteiger partial charge in [-0.15, -0.1) is 0 Å². The lowest BCUT2D eigenvalue weighted by Crippen LogP contribution is -2.33. The summed E-state index contributed by atoms with van der Waals surface area (Å²) in [5.41, 5.74) is 1.71. The maximum atomic E-state index is 12.2. The maximum absolute atomic E-state index is 12.2. The van der Waals surface area contributed by atoms with Crippen LogP contribution < -0.4 is 4.42 Å². The third-order valence-corrected chi connectivity index (χ3v) is 4.01. The first-order chi connectivity index (χ1) is 7.26. The molecule has 0 unspecified atom stereocenters. The number of amides is 1. The van der Waals surface area contributed by atoms with Crippen LogP contribution in [0.1, 0.15) is 31.2 Å². The Balaban J connectivity index is 2.22. The molecule has 15 heavy (non-hydrogen) atoms. The molecule has 78 valence electrons. The van der Waals surface area contributed by atoms with Crippen LogP contribution in [0.25, 0.3) is 0 Å². The summed E-state index contributed by atoms with van der Waals surface area (Å²) in [6.07, 6.45) is 4.16. The molecule has 1 heterocycles. The predicted octanol–water partition coefficient (Wildman–Crippen LogP) is 3.00. The summed E-state index contributed by atoms with van der Waals surface area (Å²) in [5.74, 6) is 0.0721. The molecule has 0 aromatic heterocycles. The Labute approximate surface area is 93.9 Å². The van der Waals surface area contributed by atoms with Crippen molar-refractivity contribution < 1.29 is 4.79 Å². The van der Waals surface area contributed by atoms with Crippen LogP contribution >= 0.6 is 11.8 Å². The number of carbonyl (C=O) groups excluding carboxylic acids is 1. The minimum absolute atomic E-state index is 0.0721. The normalized spacial score (nSPS) is 22.5. The van der Waals surface area contributed by atoms with Gasteiger partial charge >= 0.3 is 0 Å². The number of rotatable bonds is 0. The van der Waals surface area contributed by atoms with Crippen LogP contribution in [0.15, 0.2) is 24.3 Å². The van der Waals surface area contributed by atoms with Gasteiger partial charge in [-0.3, -0.25) is 4.79 Å². The Morgan fingerprint density at radius 3 is 2.60 bits per heavy atom. The third kappa shape index (κ3) is 1.03. The molecule has 3 heteroatoms. The van der Waals surface area contributed by atoms with Crippen molar-refractivity contribution in [3.05, 3.63) is 29.8 Å². The van der Waals surface area contributed by atoms with E-state index < -0.39 is 0 Å². The van der Waals surface area contributed by atoms with Gasteiger partial charge in [-0.1, -0.05) is 31.0 Å². The van der Waals surface area contributed by atoms with Gasteiger partial charge in [-0.25, -0.2) is 4.42 Å². The predicted molar refractivity (Wildman–Crippen MR) is 59.9 cm³/mol. The number of carbonyl (C=O) groups is 1. The second-order valence-electron chi connectivity index (χ2n) is 4.39. The van der Waals surface area contributed by atoms with Crippen molar-refractivity contribution in [2.45, 2.75) is 31.1 Å². The Morgan fingerprint density at radius 2 is 1.87 bits per heavy atom. The molecule has 1 spiro atoms. The van der Waals surface area contributed by atoms with Crippen molar-refractivity contribution >= 4 is 23.4 Å². The molecular weight excluding hydrogens is 210 g/mol. The summed E-state index contributed by atoms with van der Waals surface area (Å²) in [6, 6.07) is 7.88. The van der Waals surface area contributed by atoms with E-state index in [2.05, 4.69) is 0 Å². The van der Waals surface area contributed by atoms with E-state index >= 15 is 0 Å². The molecule has 1 aliphatic carbocycles. The van der Waals surface area contributed by atoms with Crippen molar-refractivity contribution in [1.82, 2.24) is 0 Å². The fourth-order valence-electron chi connectivity index (χ4n) is 2.92. The SMILES string of the molecule is O=C1N(Cl)c2ccccc2C12CCCC2. The average Bonchev–Trinajstić information content (AvgIpc) is 2.83. The van der Waals surface area contributed by atoms with Gasteiger partial charge < -0.3 is 0 Å². The number of para-hydroxylation sites is 1. The summed E-state index contributed by atoms with van der Waals surface area (Å²) in [4.78, 5) is 12.2. The van der Waals surface area contributed by atoms with E-state index in [1.165, 1.54) is 4.42 Å². The van der Waals surface area contributed by atoms with Crippen LogP contribution in [0.5, 0.6) is 0 Å². The second-order valence-corrected chi connectivity index (χ2v) is 4.73. The molecule has 3 rings (SSSR count). The van der Waals surface area contributed by atoms with Crippen molar-refractivity contribution in [3.8, 4) is 0 Å². The fourth-order valence-corrected chi connectivity index (χ4v) is 3.23. The molecule has 0 atom stereocenters. The minimum atomic E-state index is -0.293. The van der Waals surface area contributed by atoms with Crippen molar-refractivity contribution in [2.75, 3.05) is 4.42 Å². The second kappa shape index (κ2) is 2.99. The Morgan fingerprint density at radius 1 is 1.20 bits per heavy atom. The number of anilines is 1. The number of hydrogen-bond acceptors (Lipinski definition) is 1. The van der Waals surface area contributed by atoms with Crippen LogP contribution in [0.4, 0.5) is 5.69 Å². The van der Waals surface area contributed by atoms with Gasteiger partial charge in [-0.2, -0.15) is 0 Å². The maximum Gasteiger partial charge on any atom is 0.252 e. The highest BCUT2D eigenvalue weighted by Gasteiger charge is 2.51. The van der Waals surface area contributed by atoms with E-state index in [0.717, 1.165) is 36.9 Å². The molecule has 2 aliphatic rings. The number of benzene rings is 1. The fraction of sp³-hybridized carbons (Fsp3) is 0.417. The summed E-state index contributed by atoms with van der Waals surface area (Å²) >= 11 is 6.05. The van der Waals surface area contributed by atoms with Crippen LogP contribution in [0, 0.1) is 0 Å². The molecule has 0 bridgehead atoms. The smallest absolute Gasteiger partial charge is 0.252 e. The summed E-state index contributed by atoms with van der Waals surface area (Å²) in [5, 5.41) is 0. The zero-order chi connectivity index (χ0) is 10.5. The van der Waals surface area contributed by atoms with Crippen molar-refractivity contribution in [3.63, 3.8) is 0 Å². The van der Waals surface area contributed by atoms with E-state index in [1.807, 2.05) is 24.3 Å². The molecule has 1 fully saturated rings. The van der Waals surface area contributed by atoms with E-state index in [1.54, 1.807) is 0 Å². The molecular formula is C12H12ClNO. The first-order valence-corrected chi connectivity index (χ1v) is 5.69. The van der Waals surface area contributed by atoms with Gasteiger partial charge in [-0.05, 0) is 24.5 Å². The zero-order valence-electron chi connectivity index (χ0n) is 8.37. The Hall–Kier alpha value is -1.02. The lowest BCUT2D eigenvalue weighted by atomic mass is 9.80. The topological polar surface area (TPSA) is 20.3 Å². The Kier molecular flexibility index (Phi) is 1.84. The van der Waals surface area contributed by atoms with Gasteiger partial charge in [0.1, 0.15) is 0 Å². The molecule has 2 nitrogen and oxygen atoms in total. The van der Waals surface area contributed by atoms with E-state index in [-0.39, 0.29) is 11.3 Å². The molecule has 1 aliphatic heterocycles. The molecule has 1 saturated carbocycles. The van der Waals surface area contributed by atoms with Crippen molar-refractivity contribution in [1.29, 1.82) is 0 Å². The molecule has 1 amide bonds. The highest BCUT2D eigenvalue weighted by atomic mass is 35.5. The largest absolute Gasteiger partial charge is 0.272 e. The minimum Gasteiger partial charge on any atom is -0.272 e. The lowest BCUT2D eigenvalue weighted by molar-refractivity contribution is -0.121. The van der Waals surface area contributed by atoms with Crippen LogP contribution in [0.3, 0.4) is 0 Å². The first kappa shape index (κ1) is 9.22. The summed E-state index contributed by atoms with van der Waals surface area (Å²) < 4.78 is 1.31. The standard InChI is InChI=1S/C12H12ClNO/c13-14-10-6-2-1-5-9(10)12(11(14)15)7-3-4-8-12/h1-2,5-6H,3-4,7-8H2. The number of halogens is 1. The van der Waals surface area contributed by atoms with Gasteiger partial charge in [0.05, 0.1) is 11.1 Å². The van der Waals surface area contributed by atoms with Crippen molar-refractivity contribution in [2.24, 2.45) is 0 Å². The Bertz CT molecular complexity index is 423. The monoisotopic (exact) mass is 221 g/mol. The first-order valence-electron chi connectivity index (χ1n) is 5.35. The zero-order valence-corrected chi connectivity index (χ0v) is 9.13. The van der Waals surface area contributed by atoms with Gasteiger partial charge in [0.15, 0.2) is 0 Å². The van der Waals surface area contributed by atoms with Gasteiger partial charge in [0.25, 0.3) is 5.91 Å². The molecule has 1 aromatic carbocycles. The number of nitrogens with zero attached hydrogens (tertiary/aromatic N) is 1. The third-order valence-electron chi connectivity index (χ3n) is 3.68. The summed E-state index contributed by atoms with van der Waals surface area (Å²) in [6.45, 7) is 0. The number of fused-ring (bicyclic) bond motifs is 2. The van der Waals surface area contributed by atoms with E-state index in [0.29, 0.717) is 0 Å². The lowest BCUT2D eigenvalue weighted by Gasteiger charge is -2.20. The molecule has 0 radical (unpaired) electrons. The van der Waals surface area contributed by atoms with E-state index in [4.69, 9.17) is 11.8 Å².